The Kier molecular flexibility index (Phi) is 21.7. The maximum absolute atomic E-state index is 6.59. The molecule has 27 rings (SSSR count). The molecule has 660 valence electrons. The minimum absolute atomic E-state index is 0.564. The number of benzene rings is 21. The molecule has 6 aromatic heterocycles. The van der Waals surface area contributed by atoms with Crippen LogP contribution in [0.2, 0.25) is 0 Å². The molecule has 0 bridgehead atoms. The van der Waals surface area contributed by atoms with Gasteiger partial charge in [-0.05, 0) is 196 Å². The van der Waals surface area contributed by atoms with Gasteiger partial charge in [0.25, 0.3) is 0 Å². The highest BCUT2D eigenvalue weighted by molar-refractivity contribution is 6.16. The lowest BCUT2D eigenvalue weighted by molar-refractivity contribution is 0.669. The van der Waals surface area contributed by atoms with Crippen LogP contribution >= 0.6 is 0 Å². The van der Waals surface area contributed by atoms with Gasteiger partial charge >= 0.3 is 0 Å². The number of rotatable bonds is 15. The number of nitrogens with zero attached hydrogens (tertiary/aromatic N) is 9. The minimum Gasteiger partial charge on any atom is -0.456 e. The normalized spacial score (nSPS) is 11.4. The highest BCUT2D eigenvalue weighted by Gasteiger charge is 2.24. The lowest BCUT2D eigenvalue weighted by atomic mass is 9.96. The van der Waals surface area contributed by atoms with Crippen LogP contribution in [-0.4, -0.2) is 44.9 Å². The van der Waals surface area contributed by atoms with E-state index in [1.807, 2.05) is 146 Å². The third kappa shape index (κ3) is 16.8. The summed E-state index contributed by atoms with van der Waals surface area (Å²) in [6.45, 7) is 0. The van der Waals surface area contributed by atoms with Crippen LogP contribution in [0.3, 0.4) is 0 Å². The van der Waals surface area contributed by atoms with Gasteiger partial charge in [0, 0.05) is 76.8 Å². The molecule has 0 fully saturated rings. The first-order chi connectivity index (χ1) is 69.8. The van der Waals surface area contributed by atoms with Gasteiger partial charge in [-0.25, -0.2) is 44.9 Å². The van der Waals surface area contributed by atoms with Gasteiger partial charge in [0.15, 0.2) is 52.4 Å². The fourth-order valence-electron chi connectivity index (χ4n) is 19.0. The summed E-state index contributed by atoms with van der Waals surface area (Å²) >= 11 is 0. The van der Waals surface area contributed by atoms with E-state index in [-0.39, 0.29) is 0 Å². The molecule has 0 saturated heterocycles. The molecule has 0 N–H and O–H groups in total. The molecule has 6 heterocycles. The summed E-state index contributed by atoms with van der Waals surface area (Å²) in [5.41, 5.74) is 26.8. The van der Waals surface area contributed by atoms with Crippen LogP contribution < -0.4 is 0 Å². The molecule has 0 aliphatic rings. The fourth-order valence-corrected chi connectivity index (χ4v) is 19.0. The second-order valence-electron chi connectivity index (χ2n) is 35.1. The summed E-state index contributed by atoms with van der Waals surface area (Å²) in [4.78, 5) is 45.5. The third-order valence-corrected chi connectivity index (χ3v) is 26.1. The van der Waals surface area contributed by atoms with Crippen LogP contribution in [-0.2, 0) is 0 Å². The Labute approximate surface area is 811 Å². The second kappa shape index (κ2) is 36.6. The molecule has 0 atom stereocenters. The van der Waals surface area contributed by atoms with Crippen LogP contribution in [0.4, 0.5) is 0 Å². The Morgan fingerprint density at radius 3 is 0.809 bits per heavy atom. The zero-order valence-corrected chi connectivity index (χ0v) is 76.0. The van der Waals surface area contributed by atoms with Crippen molar-refractivity contribution in [3.05, 3.63) is 491 Å². The van der Waals surface area contributed by atoms with Crippen molar-refractivity contribution in [3.63, 3.8) is 0 Å². The number of furan rings is 3. The second-order valence-corrected chi connectivity index (χ2v) is 35.1. The molecule has 0 unspecified atom stereocenters. The van der Waals surface area contributed by atoms with Crippen molar-refractivity contribution < 1.29 is 13.3 Å². The number of hydrogen-bond donors (Lipinski definition) is 0. The summed E-state index contributed by atoms with van der Waals surface area (Å²) in [7, 11) is 0. The van der Waals surface area contributed by atoms with Crippen molar-refractivity contribution in [1.82, 2.24) is 44.9 Å². The highest BCUT2D eigenvalue weighted by Crippen LogP contribution is 2.44. The molecule has 21 aromatic carbocycles. The molecule has 12 heteroatoms. The first kappa shape index (κ1) is 83.6. The Bertz CT molecular complexity index is 9340. The topological polar surface area (TPSA) is 155 Å². The van der Waals surface area contributed by atoms with Gasteiger partial charge in [-0.1, -0.05) is 394 Å². The predicted molar refractivity (Wildman–Crippen MR) is 575 cm³/mol. The molecule has 0 amide bonds. The van der Waals surface area contributed by atoms with Gasteiger partial charge in [0.1, 0.15) is 33.5 Å². The van der Waals surface area contributed by atoms with E-state index in [0.29, 0.717) is 52.4 Å². The monoisotopic (exact) mass is 1800 g/mol. The summed E-state index contributed by atoms with van der Waals surface area (Å²) in [6.07, 6.45) is 0. The molecular formula is C129H81N9O3. The van der Waals surface area contributed by atoms with Crippen LogP contribution in [0.1, 0.15) is 0 Å². The van der Waals surface area contributed by atoms with Crippen molar-refractivity contribution in [1.29, 1.82) is 0 Å². The van der Waals surface area contributed by atoms with Gasteiger partial charge in [-0.3, -0.25) is 0 Å². The Morgan fingerprint density at radius 2 is 0.376 bits per heavy atom. The van der Waals surface area contributed by atoms with Crippen LogP contribution in [0.5, 0.6) is 0 Å². The molecule has 0 radical (unpaired) electrons. The van der Waals surface area contributed by atoms with Crippen LogP contribution in [0.25, 0.3) is 267 Å². The largest absolute Gasteiger partial charge is 0.456 e. The molecule has 0 spiro atoms. The number of hydrogen-bond acceptors (Lipinski definition) is 12. The number of para-hydroxylation sites is 1. The van der Waals surface area contributed by atoms with Crippen LogP contribution in [0.15, 0.2) is 505 Å². The van der Waals surface area contributed by atoms with Gasteiger partial charge in [0.2, 0.25) is 0 Å². The molecular weight excluding hydrogens is 1720 g/mol. The zero-order chi connectivity index (χ0) is 93.5. The highest BCUT2D eigenvalue weighted by atomic mass is 16.3. The fraction of sp³-hybridized carbons (Fsp3) is 0. The molecule has 27 aromatic rings. The number of aromatic nitrogens is 9. The standard InChI is InChI=1S/3C43H27N3O/c1-4-13-28(14-5-1)33-23-34(29-15-6-2-7-16-29)25-35(24-33)42-44-41(30-17-8-3-9-18-30)45-43(46-42)37-22-12-21-36-38-26-31-19-10-11-20-32(31)27-39(38)47-40(36)37;1-3-11-28(12-4-1)29-21-23-30(24-22-29)32-17-9-18-35(25-32)42-44-41(31-13-5-2-6-14-31)45-43(46-42)36-19-10-20-38-40(36)37-26-33-15-7-8-16-34(33)27-39(37)47-38;1-3-10-28(11-4-1)29-18-20-30(21-19-29)32-16-9-17-35(24-32)42-44-41(31-12-5-2-6-13-31)45-43(46-42)36-22-23-39-37(26-36)38-25-33-14-7-8-15-34(33)27-40(38)47-39/h3*1-27H. The van der Waals surface area contributed by atoms with Crippen molar-refractivity contribution in [3.8, 4) is 169 Å². The number of fused-ring (bicyclic) bond motifs is 12. The van der Waals surface area contributed by atoms with Crippen molar-refractivity contribution >= 4 is 98.1 Å². The Balaban J connectivity index is 0.000000111. The van der Waals surface area contributed by atoms with E-state index in [0.717, 1.165) is 182 Å². The van der Waals surface area contributed by atoms with Crippen molar-refractivity contribution in [2.24, 2.45) is 0 Å². The minimum atomic E-state index is 0.564. The van der Waals surface area contributed by atoms with E-state index >= 15 is 0 Å². The summed E-state index contributed by atoms with van der Waals surface area (Å²) in [5.74, 6) is 5.49. The SMILES string of the molecule is c1ccc(-c2cc(-c3ccccc3)cc(-c3nc(-c4ccccc4)nc(-c4cccc5c4oc4cc6ccccc6cc45)n3)c2)cc1.c1ccc(-c2ccc(-c3cccc(-c4nc(-c5ccccc5)nc(-c5ccc6oc7cc8ccccc8cc7c6c5)n4)c3)cc2)cc1.c1ccc(-c2ccc(-c3cccc(-c4nc(-c5ccccc5)nc(-c5cccc6oc7cc8ccccc8cc7c56)n4)c3)cc2)cc1. The smallest absolute Gasteiger partial charge is 0.167 e. The van der Waals surface area contributed by atoms with E-state index in [2.05, 4.69) is 346 Å². The zero-order valence-electron chi connectivity index (χ0n) is 76.0. The molecule has 12 nitrogen and oxygen atoms in total. The molecule has 0 aliphatic heterocycles. The quantitative estimate of drug-likeness (QED) is 0.0959. The van der Waals surface area contributed by atoms with Crippen LogP contribution in [0, 0.1) is 0 Å². The first-order valence-electron chi connectivity index (χ1n) is 47.1. The van der Waals surface area contributed by atoms with Gasteiger partial charge < -0.3 is 13.3 Å². The average Bonchev–Trinajstić information content (AvgIpc) is 1.61. The lowest BCUT2D eigenvalue weighted by Gasteiger charge is -2.12. The maximum atomic E-state index is 6.59. The Morgan fingerprint density at radius 1 is 0.121 bits per heavy atom. The van der Waals surface area contributed by atoms with E-state index in [9.17, 15) is 0 Å². The van der Waals surface area contributed by atoms with E-state index in [4.69, 9.17) is 58.1 Å². The average molecular weight is 1810 g/mol. The van der Waals surface area contributed by atoms with Gasteiger partial charge in [-0.2, -0.15) is 0 Å². The summed E-state index contributed by atoms with van der Waals surface area (Å²) in [5, 5.41) is 13.2. The van der Waals surface area contributed by atoms with Gasteiger partial charge in [0.05, 0.1) is 5.56 Å². The predicted octanol–water partition coefficient (Wildman–Crippen LogP) is 33.8. The lowest BCUT2D eigenvalue weighted by Crippen LogP contribution is -2.00. The molecule has 141 heavy (non-hydrogen) atoms. The van der Waals surface area contributed by atoms with Gasteiger partial charge in [-0.15, -0.1) is 0 Å². The summed E-state index contributed by atoms with van der Waals surface area (Å²) in [6, 6.07) is 169. The van der Waals surface area contributed by atoms with Crippen molar-refractivity contribution in [2.45, 2.75) is 0 Å². The molecule has 0 aliphatic carbocycles. The first-order valence-corrected chi connectivity index (χ1v) is 47.1. The Hall–Kier alpha value is -19.2. The summed E-state index contributed by atoms with van der Waals surface area (Å²) < 4.78 is 19.2. The maximum Gasteiger partial charge on any atom is 0.167 e. The van der Waals surface area contributed by atoms with E-state index < -0.39 is 0 Å². The van der Waals surface area contributed by atoms with Crippen molar-refractivity contribution in [2.75, 3.05) is 0 Å². The van der Waals surface area contributed by atoms with E-state index in [1.54, 1.807) is 0 Å². The third-order valence-electron chi connectivity index (χ3n) is 26.1. The molecule has 0 saturated carbocycles. The van der Waals surface area contributed by atoms with E-state index in [1.165, 1.54) is 33.0 Å².